The van der Waals surface area contributed by atoms with Crippen molar-refractivity contribution in [3.8, 4) is 0 Å². The van der Waals surface area contributed by atoms with Crippen LogP contribution in [-0.2, 0) is 34.2 Å². The van der Waals surface area contributed by atoms with E-state index in [2.05, 4.69) is 37.4 Å². The van der Waals surface area contributed by atoms with Gasteiger partial charge < -0.3 is 5.32 Å². The van der Waals surface area contributed by atoms with Gasteiger partial charge in [-0.2, -0.15) is 0 Å². The molecule has 8 heteroatoms. The van der Waals surface area contributed by atoms with Gasteiger partial charge >= 0.3 is 0 Å². The molecule has 0 spiro atoms. The highest BCUT2D eigenvalue weighted by Gasteiger charge is 2.29. The molecule has 0 aliphatic rings. The summed E-state index contributed by atoms with van der Waals surface area (Å²) in [5, 5.41) is 3.13. The first-order valence-corrected chi connectivity index (χ1v) is 12.9. The second-order valence-electron chi connectivity index (χ2n) is 7.48. The van der Waals surface area contributed by atoms with Crippen LogP contribution in [0.3, 0.4) is 0 Å². The number of nitrogens with one attached hydrogen (secondary N) is 1. The van der Waals surface area contributed by atoms with E-state index in [-0.39, 0.29) is 20.6 Å². The quantitative estimate of drug-likeness (QED) is 0.410. The van der Waals surface area contributed by atoms with E-state index in [1.807, 2.05) is 0 Å². The lowest BCUT2D eigenvalue weighted by atomic mass is 10.0. The van der Waals surface area contributed by atoms with Gasteiger partial charge in [-0.15, -0.1) is 0 Å². The maximum absolute atomic E-state index is 13.4. The summed E-state index contributed by atoms with van der Waals surface area (Å²) in [6.45, 7) is 4.00. The second-order valence-corrected chi connectivity index (χ2v) is 10.1. The van der Waals surface area contributed by atoms with Gasteiger partial charge in [0.15, 0.2) is 0 Å². The lowest BCUT2D eigenvalue weighted by Gasteiger charge is -2.25. The molecule has 0 aliphatic carbocycles. The van der Waals surface area contributed by atoms with Crippen LogP contribution < -0.4 is 9.62 Å². The van der Waals surface area contributed by atoms with E-state index in [1.54, 1.807) is 30.3 Å². The van der Waals surface area contributed by atoms with Crippen LogP contribution in [0.1, 0.15) is 30.5 Å². The van der Waals surface area contributed by atoms with E-state index in [0.29, 0.717) is 6.54 Å². The minimum absolute atomic E-state index is 0.0535. The van der Waals surface area contributed by atoms with Crippen molar-refractivity contribution in [2.75, 3.05) is 10.8 Å². The summed E-state index contributed by atoms with van der Waals surface area (Å²) >= 11 is 12.5. The number of anilines is 1. The van der Waals surface area contributed by atoms with Crippen LogP contribution in [0.4, 0.5) is 5.69 Å². The molecule has 174 valence electrons. The van der Waals surface area contributed by atoms with E-state index >= 15 is 0 Å². The summed E-state index contributed by atoms with van der Waals surface area (Å²) in [5.41, 5.74) is 3.48. The van der Waals surface area contributed by atoms with Crippen molar-refractivity contribution in [2.24, 2.45) is 0 Å². The van der Waals surface area contributed by atoms with Gasteiger partial charge in [-0.3, -0.25) is 9.10 Å². The Morgan fingerprint density at radius 1 is 0.909 bits per heavy atom. The average molecular weight is 505 g/mol. The number of nitrogens with zero attached hydrogens (tertiary/aromatic N) is 1. The zero-order valence-electron chi connectivity index (χ0n) is 18.5. The van der Waals surface area contributed by atoms with Crippen molar-refractivity contribution in [1.82, 2.24) is 5.32 Å². The zero-order valence-corrected chi connectivity index (χ0v) is 20.8. The molecule has 0 aromatic heterocycles. The van der Waals surface area contributed by atoms with Crippen LogP contribution in [0.2, 0.25) is 10.0 Å². The molecule has 0 unspecified atom stereocenters. The molecule has 33 heavy (non-hydrogen) atoms. The van der Waals surface area contributed by atoms with Gasteiger partial charge in [0.1, 0.15) is 6.54 Å². The van der Waals surface area contributed by atoms with E-state index in [9.17, 15) is 13.2 Å². The summed E-state index contributed by atoms with van der Waals surface area (Å²) in [6.07, 6.45) is 1.73. The highest BCUT2D eigenvalue weighted by molar-refractivity contribution is 7.92. The zero-order chi connectivity index (χ0) is 24.0. The normalized spacial score (nSPS) is 11.3. The first kappa shape index (κ1) is 25.1. The number of amides is 1. The predicted octanol–water partition coefficient (Wildman–Crippen LogP) is 5.63. The first-order chi connectivity index (χ1) is 15.8. The van der Waals surface area contributed by atoms with E-state index in [1.165, 1.54) is 23.8 Å². The molecular weight excluding hydrogens is 479 g/mol. The summed E-state index contributed by atoms with van der Waals surface area (Å²) in [7, 11) is -4.07. The lowest BCUT2D eigenvalue weighted by molar-refractivity contribution is -0.119. The van der Waals surface area contributed by atoms with Gasteiger partial charge in [0.2, 0.25) is 5.91 Å². The SMILES string of the molecule is CCc1ccc(CC)c(CNC(=O)CN(c2cccc(Cl)c2Cl)S(=O)(=O)c2ccccc2)c1. The predicted molar refractivity (Wildman–Crippen MR) is 134 cm³/mol. The van der Waals surface area contributed by atoms with Gasteiger partial charge in [0, 0.05) is 6.54 Å². The molecule has 0 fully saturated rings. The minimum Gasteiger partial charge on any atom is -0.350 e. The fourth-order valence-corrected chi connectivity index (χ4v) is 5.39. The third-order valence-electron chi connectivity index (χ3n) is 5.35. The fraction of sp³-hybridized carbons (Fsp3) is 0.240. The van der Waals surface area contributed by atoms with E-state index < -0.39 is 22.5 Å². The van der Waals surface area contributed by atoms with Crippen LogP contribution in [0.15, 0.2) is 71.6 Å². The lowest BCUT2D eigenvalue weighted by Crippen LogP contribution is -2.41. The highest BCUT2D eigenvalue weighted by Crippen LogP contribution is 2.35. The van der Waals surface area contributed by atoms with Crippen molar-refractivity contribution in [3.63, 3.8) is 0 Å². The number of aryl methyl sites for hydroxylation is 2. The third kappa shape index (κ3) is 5.88. The molecule has 0 bridgehead atoms. The van der Waals surface area contributed by atoms with Gasteiger partial charge in [-0.05, 0) is 53.8 Å². The van der Waals surface area contributed by atoms with Gasteiger partial charge in [0.25, 0.3) is 10.0 Å². The molecule has 0 saturated carbocycles. The van der Waals surface area contributed by atoms with Crippen molar-refractivity contribution in [1.29, 1.82) is 0 Å². The standard InChI is InChI=1S/C25H26Cl2N2O3S/c1-3-18-13-14-19(4-2)20(15-18)16-28-24(30)17-29(23-12-8-11-22(26)25(23)27)33(31,32)21-9-6-5-7-10-21/h5-15H,3-4,16-17H2,1-2H3,(H,28,30). The Balaban J connectivity index is 1.90. The van der Waals surface area contributed by atoms with Crippen LogP contribution in [-0.4, -0.2) is 20.9 Å². The Hall–Kier alpha value is -2.54. The van der Waals surface area contributed by atoms with Crippen LogP contribution >= 0.6 is 23.2 Å². The van der Waals surface area contributed by atoms with Crippen LogP contribution in [0, 0.1) is 0 Å². The highest BCUT2D eigenvalue weighted by atomic mass is 35.5. The Bertz CT molecular complexity index is 1230. The number of hydrogen-bond acceptors (Lipinski definition) is 3. The average Bonchev–Trinajstić information content (AvgIpc) is 2.83. The maximum Gasteiger partial charge on any atom is 0.264 e. The Labute approximate surface area is 205 Å². The van der Waals surface area contributed by atoms with Crippen LogP contribution in [0.5, 0.6) is 0 Å². The number of rotatable bonds is 9. The summed E-state index contributed by atoms with van der Waals surface area (Å²) in [6, 6.07) is 18.8. The molecule has 1 N–H and O–H groups in total. The number of carbonyl (C=O) groups excluding carboxylic acids is 1. The molecule has 3 aromatic carbocycles. The maximum atomic E-state index is 13.4. The van der Waals surface area contributed by atoms with Crippen molar-refractivity contribution >= 4 is 44.8 Å². The molecule has 0 atom stereocenters. The van der Waals surface area contributed by atoms with Crippen molar-refractivity contribution in [2.45, 2.75) is 38.1 Å². The number of hydrogen-bond donors (Lipinski definition) is 1. The number of sulfonamides is 1. The Kier molecular flexibility index (Phi) is 8.40. The summed E-state index contributed by atoms with van der Waals surface area (Å²) < 4.78 is 27.9. The van der Waals surface area contributed by atoms with Gasteiger partial charge in [-0.1, -0.05) is 79.5 Å². The van der Waals surface area contributed by atoms with Crippen molar-refractivity contribution < 1.29 is 13.2 Å². The number of benzene rings is 3. The molecule has 3 rings (SSSR count). The molecule has 1 amide bonds. The largest absolute Gasteiger partial charge is 0.350 e. The molecular formula is C25H26Cl2N2O3S. The summed E-state index contributed by atoms with van der Waals surface area (Å²) in [5.74, 6) is -0.450. The first-order valence-electron chi connectivity index (χ1n) is 10.7. The molecule has 0 aliphatic heterocycles. The second kappa shape index (κ2) is 11.1. The molecule has 3 aromatic rings. The number of carbonyl (C=O) groups is 1. The molecule has 0 saturated heterocycles. The fourth-order valence-electron chi connectivity index (χ4n) is 3.49. The Morgan fingerprint density at radius 2 is 1.64 bits per heavy atom. The minimum atomic E-state index is -4.07. The van der Waals surface area contributed by atoms with Crippen molar-refractivity contribution in [3.05, 3.63) is 93.5 Å². The van der Waals surface area contributed by atoms with E-state index in [0.717, 1.165) is 28.3 Å². The van der Waals surface area contributed by atoms with E-state index in [4.69, 9.17) is 23.2 Å². The Morgan fingerprint density at radius 3 is 2.30 bits per heavy atom. The molecule has 0 heterocycles. The molecule has 5 nitrogen and oxygen atoms in total. The van der Waals surface area contributed by atoms with Gasteiger partial charge in [0.05, 0.1) is 20.6 Å². The third-order valence-corrected chi connectivity index (χ3v) is 7.94. The summed E-state index contributed by atoms with van der Waals surface area (Å²) in [4.78, 5) is 13.0. The van der Waals surface area contributed by atoms with Gasteiger partial charge in [-0.25, -0.2) is 8.42 Å². The van der Waals surface area contributed by atoms with Crippen LogP contribution in [0.25, 0.3) is 0 Å². The number of halogens is 2. The molecule has 0 radical (unpaired) electrons. The monoisotopic (exact) mass is 504 g/mol. The smallest absolute Gasteiger partial charge is 0.264 e. The topological polar surface area (TPSA) is 66.5 Å².